The summed E-state index contributed by atoms with van der Waals surface area (Å²) in [5.41, 5.74) is 2.31. The number of amidine groups is 1. The second-order valence-electron chi connectivity index (χ2n) is 8.36. The molecule has 8 nitrogen and oxygen atoms in total. The lowest BCUT2D eigenvalue weighted by Crippen LogP contribution is -2.46. The fraction of sp³-hybridized carbons (Fsp3) is 0.192. The Morgan fingerprint density at radius 2 is 1.95 bits per heavy atom. The number of nitrogens with two attached hydrogens (primary N) is 2. The molecule has 0 saturated carbocycles. The van der Waals surface area contributed by atoms with E-state index in [1.165, 1.54) is 19.2 Å². The number of rotatable bonds is 7. The van der Waals surface area contributed by atoms with Crippen molar-refractivity contribution in [2.75, 3.05) is 7.11 Å². The van der Waals surface area contributed by atoms with Gasteiger partial charge in [-0.15, -0.1) is 0 Å². The van der Waals surface area contributed by atoms with E-state index < -0.39 is 11.8 Å². The summed E-state index contributed by atoms with van der Waals surface area (Å²) in [4.78, 5) is 0. The Hall–Kier alpha value is -4.20. The van der Waals surface area contributed by atoms with Gasteiger partial charge in [0.2, 0.25) is 5.84 Å². The van der Waals surface area contributed by atoms with Crippen LogP contribution in [0.3, 0.4) is 0 Å². The molecule has 0 amide bonds. The van der Waals surface area contributed by atoms with Crippen molar-refractivity contribution in [1.82, 2.24) is 14.8 Å². The van der Waals surface area contributed by atoms with Crippen LogP contribution in [0.4, 0.5) is 8.78 Å². The van der Waals surface area contributed by atoms with Crippen molar-refractivity contribution in [3.8, 4) is 11.8 Å². The van der Waals surface area contributed by atoms with Crippen LogP contribution in [0.1, 0.15) is 27.9 Å². The lowest BCUT2D eigenvalue weighted by atomic mass is 10.0. The smallest absolute Gasteiger partial charge is 0.332 e. The van der Waals surface area contributed by atoms with Gasteiger partial charge in [-0.3, -0.25) is 9.69 Å². The highest BCUT2D eigenvalue weighted by Gasteiger charge is 2.42. The van der Waals surface area contributed by atoms with Gasteiger partial charge in [-0.2, -0.15) is 24.2 Å². The second kappa shape index (κ2) is 10.4. The number of hydrogen-bond donors (Lipinski definition) is 2. The Balaban J connectivity index is 1.69. The maximum atomic E-state index is 15.7. The number of halogens is 3. The average Bonchev–Trinajstić information content (AvgIpc) is 3.20. The molecule has 0 atom stereocenters. The van der Waals surface area contributed by atoms with E-state index >= 15 is 8.78 Å². The highest BCUT2D eigenvalue weighted by atomic mass is 35.5. The summed E-state index contributed by atoms with van der Waals surface area (Å²) in [7, 11) is 1.53. The molecule has 0 spiro atoms. The van der Waals surface area contributed by atoms with Gasteiger partial charge in [-0.05, 0) is 42.8 Å². The number of hydrogen-bond acceptors (Lipinski definition) is 6. The van der Waals surface area contributed by atoms with E-state index in [4.69, 9.17) is 28.0 Å². The first-order chi connectivity index (χ1) is 17.7. The Labute approximate surface area is 217 Å². The Bertz CT molecular complexity index is 1510. The van der Waals surface area contributed by atoms with E-state index in [-0.39, 0.29) is 18.7 Å². The first kappa shape index (κ1) is 25.9. The third-order valence-corrected chi connectivity index (χ3v) is 6.39. The van der Waals surface area contributed by atoms with Crippen LogP contribution in [0.15, 0.2) is 65.8 Å². The van der Waals surface area contributed by atoms with Crippen molar-refractivity contribution < 1.29 is 13.5 Å². The number of hydrazone groups is 1. The lowest BCUT2D eigenvalue weighted by Gasteiger charge is -2.26. The summed E-state index contributed by atoms with van der Waals surface area (Å²) >= 11 is 6.33. The number of aromatic nitrogens is 2. The second-order valence-corrected chi connectivity index (χ2v) is 8.76. The highest BCUT2D eigenvalue weighted by molar-refractivity contribution is 6.31. The monoisotopic (exact) mass is 523 g/mol. The molecule has 0 aliphatic carbocycles. The molecule has 0 saturated heterocycles. The molecule has 4 N–H and O–H groups in total. The molecule has 1 heterocycles. The van der Waals surface area contributed by atoms with Crippen LogP contribution in [-0.4, -0.2) is 27.7 Å². The third kappa shape index (κ3) is 5.05. The Morgan fingerprint density at radius 3 is 2.59 bits per heavy atom. The molecular formula is C26H24ClF2N7O. The minimum absolute atomic E-state index is 0.0572. The van der Waals surface area contributed by atoms with Crippen molar-refractivity contribution in [3.63, 3.8) is 0 Å². The fourth-order valence-corrected chi connectivity index (χ4v) is 4.33. The van der Waals surface area contributed by atoms with Crippen LogP contribution < -0.4 is 16.4 Å². The molecule has 0 fully saturated rings. The summed E-state index contributed by atoms with van der Waals surface area (Å²) in [6.07, 6.45) is 0. The highest BCUT2D eigenvalue weighted by Crippen LogP contribution is 2.34. The van der Waals surface area contributed by atoms with Crippen LogP contribution in [0.5, 0.6) is 5.75 Å². The van der Waals surface area contributed by atoms with E-state index in [9.17, 15) is 5.26 Å². The number of nitrogens with zero attached hydrogens (tertiary/aromatic N) is 5. The molecule has 3 aromatic carbocycles. The van der Waals surface area contributed by atoms with Gasteiger partial charge in [-0.25, -0.2) is 5.84 Å². The molecular weight excluding hydrogens is 500 g/mol. The first-order valence-electron chi connectivity index (χ1n) is 11.2. The molecule has 190 valence electrons. The molecule has 37 heavy (non-hydrogen) atoms. The summed E-state index contributed by atoms with van der Waals surface area (Å²) in [5.74, 6) is 7.61. The SMILES string of the molecule is COc1ccc(CN(N)/C(=N\N)C(F)(F)c2ccc3c(C)nn(Cc4c(Cl)cccc4C#N)c3c2)cc1. The molecule has 0 unspecified atom stereocenters. The molecule has 1 aromatic heterocycles. The molecule has 0 aliphatic heterocycles. The molecule has 11 heteroatoms. The molecule has 0 aliphatic rings. The fourth-order valence-electron chi connectivity index (χ4n) is 4.10. The normalized spacial score (nSPS) is 12.0. The Morgan fingerprint density at radius 1 is 1.22 bits per heavy atom. The topological polar surface area (TPSA) is 118 Å². The van der Waals surface area contributed by atoms with Gasteiger partial charge in [-0.1, -0.05) is 41.9 Å². The van der Waals surface area contributed by atoms with Crippen LogP contribution in [0, 0.1) is 18.3 Å². The van der Waals surface area contributed by atoms with Gasteiger partial charge in [0.1, 0.15) is 5.75 Å². The zero-order valence-electron chi connectivity index (χ0n) is 20.1. The number of nitriles is 1. The first-order valence-corrected chi connectivity index (χ1v) is 11.5. The maximum Gasteiger partial charge on any atom is 0.332 e. The predicted octanol–water partition coefficient (Wildman–Crippen LogP) is 4.67. The van der Waals surface area contributed by atoms with Crippen LogP contribution >= 0.6 is 11.6 Å². The summed E-state index contributed by atoms with van der Waals surface area (Å²) in [5, 5.41) is 19.2. The van der Waals surface area contributed by atoms with Gasteiger partial charge in [0.25, 0.3) is 0 Å². The molecule has 0 bridgehead atoms. The van der Waals surface area contributed by atoms with E-state index in [1.54, 1.807) is 60.1 Å². The maximum absolute atomic E-state index is 15.7. The van der Waals surface area contributed by atoms with E-state index in [0.29, 0.717) is 44.1 Å². The summed E-state index contributed by atoms with van der Waals surface area (Å²) in [6.45, 7) is 1.84. The van der Waals surface area contributed by atoms with Crippen LogP contribution in [0.2, 0.25) is 5.02 Å². The largest absolute Gasteiger partial charge is 0.497 e. The number of benzene rings is 3. The quantitative estimate of drug-likeness (QED) is 0.157. The van der Waals surface area contributed by atoms with E-state index in [2.05, 4.69) is 16.3 Å². The zero-order valence-corrected chi connectivity index (χ0v) is 20.9. The predicted molar refractivity (Wildman–Crippen MR) is 138 cm³/mol. The minimum Gasteiger partial charge on any atom is -0.497 e. The number of aryl methyl sites for hydroxylation is 1. The van der Waals surface area contributed by atoms with Gasteiger partial charge in [0, 0.05) is 21.5 Å². The molecule has 0 radical (unpaired) electrons. The minimum atomic E-state index is -3.62. The van der Waals surface area contributed by atoms with Gasteiger partial charge < -0.3 is 10.6 Å². The zero-order chi connectivity index (χ0) is 26.7. The number of fused-ring (bicyclic) bond motifs is 1. The lowest BCUT2D eigenvalue weighted by molar-refractivity contribution is 0.0584. The van der Waals surface area contributed by atoms with Crippen molar-refractivity contribution in [2.24, 2.45) is 16.8 Å². The standard InChI is InChI=1S/C26H24ClF2N7O/c1-16-21-11-8-19(12-24(21)36(34-16)15-22-18(13-30)4-3-5-23(22)27)26(28,29)25(33-31)35(32)14-17-6-9-20(37-2)10-7-17/h3-12H,14-15,31-32H2,1-2H3/b33-25-. The number of methoxy groups -OCH3 is 1. The summed E-state index contributed by atoms with van der Waals surface area (Å²) < 4.78 is 38.1. The van der Waals surface area contributed by atoms with Gasteiger partial charge >= 0.3 is 5.92 Å². The number of alkyl halides is 2. The van der Waals surface area contributed by atoms with Gasteiger partial charge in [0.15, 0.2) is 0 Å². The van der Waals surface area contributed by atoms with E-state index in [1.807, 2.05) is 0 Å². The molecule has 4 aromatic rings. The Kier molecular flexibility index (Phi) is 7.29. The summed E-state index contributed by atoms with van der Waals surface area (Å²) in [6, 6.07) is 18.1. The third-order valence-electron chi connectivity index (χ3n) is 6.03. The number of ether oxygens (including phenoxy) is 1. The average molecular weight is 524 g/mol. The van der Waals surface area contributed by atoms with E-state index in [0.717, 1.165) is 5.01 Å². The van der Waals surface area contributed by atoms with Crippen molar-refractivity contribution in [3.05, 3.63) is 93.6 Å². The van der Waals surface area contributed by atoms with Crippen molar-refractivity contribution in [1.29, 1.82) is 5.26 Å². The van der Waals surface area contributed by atoms with Crippen LogP contribution in [-0.2, 0) is 19.0 Å². The number of hydrazine groups is 1. The van der Waals surface area contributed by atoms with Crippen molar-refractivity contribution >= 4 is 28.3 Å². The van der Waals surface area contributed by atoms with Crippen LogP contribution in [0.25, 0.3) is 10.9 Å². The van der Waals surface area contributed by atoms with Gasteiger partial charge in [0.05, 0.1) is 43.0 Å². The van der Waals surface area contributed by atoms with Crippen molar-refractivity contribution in [2.45, 2.75) is 25.9 Å². The molecule has 4 rings (SSSR count).